The molecule has 1 fully saturated rings. The number of carbonyl (C=O) groups excluding carboxylic acids is 2. The SMILES string of the molecule is CCCc1ccc(OCC(=O)N2CCC(NC(=O)CCc3ccc(Cl)cc3)CC2)cc1. The van der Waals surface area contributed by atoms with Crippen LogP contribution in [0.15, 0.2) is 48.5 Å². The summed E-state index contributed by atoms with van der Waals surface area (Å²) >= 11 is 5.89. The summed E-state index contributed by atoms with van der Waals surface area (Å²) in [5.41, 5.74) is 2.37. The third-order valence-corrected chi connectivity index (χ3v) is 5.84. The summed E-state index contributed by atoms with van der Waals surface area (Å²) in [5, 5.41) is 3.80. The maximum atomic E-state index is 12.5. The molecule has 1 heterocycles. The van der Waals surface area contributed by atoms with Crippen molar-refractivity contribution >= 4 is 23.4 Å². The largest absolute Gasteiger partial charge is 0.484 e. The number of hydrogen-bond acceptors (Lipinski definition) is 3. The number of carbonyl (C=O) groups is 2. The molecule has 1 aliphatic rings. The van der Waals surface area contributed by atoms with Crippen LogP contribution in [-0.4, -0.2) is 42.5 Å². The molecular formula is C25H31ClN2O3. The number of halogens is 1. The van der Waals surface area contributed by atoms with Gasteiger partial charge in [-0.05, 0) is 61.1 Å². The maximum Gasteiger partial charge on any atom is 0.260 e. The Labute approximate surface area is 189 Å². The molecule has 5 nitrogen and oxygen atoms in total. The first-order chi connectivity index (χ1) is 15.0. The first kappa shape index (κ1) is 23.1. The van der Waals surface area contributed by atoms with E-state index in [0.29, 0.717) is 31.0 Å². The Kier molecular flexibility index (Phi) is 8.77. The van der Waals surface area contributed by atoms with E-state index in [0.717, 1.165) is 37.0 Å². The molecule has 0 aromatic heterocycles. The molecule has 0 aliphatic carbocycles. The number of rotatable bonds is 9. The normalized spacial score (nSPS) is 14.3. The molecule has 0 spiro atoms. The average molecular weight is 443 g/mol. The molecule has 1 aliphatic heterocycles. The highest BCUT2D eigenvalue weighted by molar-refractivity contribution is 6.30. The van der Waals surface area contributed by atoms with Gasteiger partial charge in [-0.15, -0.1) is 0 Å². The maximum absolute atomic E-state index is 12.5. The minimum absolute atomic E-state index is 0.00912. The second-order valence-electron chi connectivity index (χ2n) is 8.03. The molecule has 0 saturated carbocycles. The smallest absolute Gasteiger partial charge is 0.260 e. The number of nitrogens with one attached hydrogen (secondary N) is 1. The fourth-order valence-corrected chi connectivity index (χ4v) is 3.89. The van der Waals surface area contributed by atoms with Gasteiger partial charge in [-0.2, -0.15) is 0 Å². The number of hydrogen-bond donors (Lipinski definition) is 1. The minimum Gasteiger partial charge on any atom is -0.484 e. The van der Waals surface area contributed by atoms with Crippen LogP contribution in [0.25, 0.3) is 0 Å². The molecular weight excluding hydrogens is 412 g/mol. The van der Waals surface area contributed by atoms with Gasteiger partial charge >= 0.3 is 0 Å². The van der Waals surface area contributed by atoms with Crippen LogP contribution in [0, 0.1) is 0 Å². The fraction of sp³-hybridized carbons (Fsp3) is 0.440. The second-order valence-corrected chi connectivity index (χ2v) is 8.47. The van der Waals surface area contributed by atoms with Gasteiger partial charge in [0.25, 0.3) is 5.91 Å². The Morgan fingerprint density at radius 2 is 1.61 bits per heavy atom. The predicted molar refractivity (Wildman–Crippen MR) is 123 cm³/mol. The predicted octanol–water partition coefficient (Wildman–Crippen LogP) is 4.41. The number of nitrogens with zero attached hydrogens (tertiary/aromatic N) is 1. The van der Waals surface area contributed by atoms with Crippen LogP contribution >= 0.6 is 11.6 Å². The van der Waals surface area contributed by atoms with Gasteiger partial charge in [0.2, 0.25) is 5.91 Å². The highest BCUT2D eigenvalue weighted by Gasteiger charge is 2.24. The lowest BCUT2D eigenvalue weighted by Gasteiger charge is -2.32. The Morgan fingerprint density at radius 1 is 1.00 bits per heavy atom. The van der Waals surface area contributed by atoms with Crippen molar-refractivity contribution in [3.63, 3.8) is 0 Å². The van der Waals surface area contributed by atoms with Gasteiger partial charge in [0.1, 0.15) is 5.75 Å². The van der Waals surface area contributed by atoms with Gasteiger partial charge in [-0.25, -0.2) is 0 Å². The van der Waals surface area contributed by atoms with Crippen LogP contribution in [0.4, 0.5) is 0 Å². The summed E-state index contributed by atoms with van der Waals surface area (Å²) in [6.07, 6.45) is 4.83. The van der Waals surface area contributed by atoms with E-state index in [-0.39, 0.29) is 24.5 Å². The molecule has 2 amide bonds. The van der Waals surface area contributed by atoms with E-state index in [1.54, 1.807) is 0 Å². The van der Waals surface area contributed by atoms with E-state index < -0.39 is 0 Å². The third kappa shape index (κ3) is 7.59. The van der Waals surface area contributed by atoms with E-state index in [4.69, 9.17) is 16.3 Å². The Bertz CT molecular complexity index is 844. The van der Waals surface area contributed by atoms with Crippen molar-refractivity contribution < 1.29 is 14.3 Å². The zero-order valence-corrected chi connectivity index (χ0v) is 18.9. The molecule has 2 aromatic carbocycles. The lowest BCUT2D eigenvalue weighted by molar-refractivity contribution is -0.134. The lowest BCUT2D eigenvalue weighted by Crippen LogP contribution is -2.47. The van der Waals surface area contributed by atoms with Crippen molar-refractivity contribution in [3.05, 3.63) is 64.7 Å². The summed E-state index contributed by atoms with van der Waals surface area (Å²) in [5.74, 6) is 0.760. The zero-order valence-electron chi connectivity index (χ0n) is 18.1. The molecule has 0 bridgehead atoms. The molecule has 1 saturated heterocycles. The molecule has 31 heavy (non-hydrogen) atoms. The monoisotopic (exact) mass is 442 g/mol. The van der Waals surface area contributed by atoms with E-state index in [2.05, 4.69) is 12.2 Å². The molecule has 166 valence electrons. The second kappa shape index (κ2) is 11.8. The highest BCUT2D eigenvalue weighted by Crippen LogP contribution is 2.15. The van der Waals surface area contributed by atoms with Crippen molar-refractivity contribution in [2.45, 2.75) is 51.5 Å². The van der Waals surface area contributed by atoms with E-state index >= 15 is 0 Å². The lowest BCUT2D eigenvalue weighted by atomic mass is 10.0. The van der Waals surface area contributed by atoms with Crippen LogP contribution in [-0.2, 0) is 22.4 Å². The first-order valence-corrected chi connectivity index (χ1v) is 11.4. The van der Waals surface area contributed by atoms with Crippen molar-refractivity contribution in [1.82, 2.24) is 10.2 Å². The molecule has 0 unspecified atom stereocenters. The van der Waals surface area contributed by atoms with Crippen molar-refractivity contribution in [1.29, 1.82) is 0 Å². The minimum atomic E-state index is -0.00912. The number of aryl methyl sites for hydroxylation is 2. The highest BCUT2D eigenvalue weighted by atomic mass is 35.5. The van der Waals surface area contributed by atoms with Crippen LogP contribution in [0.3, 0.4) is 0 Å². The average Bonchev–Trinajstić information content (AvgIpc) is 2.79. The van der Waals surface area contributed by atoms with Crippen molar-refractivity contribution in [2.75, 3.05) is 19.7 Å². The van der Waals surface area contributed by atoms with Gasteiger partial charge in [0, 0.05) is 30.6 Å². The standard InChI is InChI=1S/C25H31ClN2O3/c1-2-3-19-6-11-23(12-7-19)31-18-25(30)28-16-14-22(15-17-28)27-24(29)13-8-20-4-9-21(26)10-5-20/h4-7,9-12,22H,2-3,8,13-18H2,1H3,(H,27,29). The van der Waals surface area contributed by atoms with Crippen molar-refractivity contribution in [3.8, 4) is 5.75 Å². The van der Waals surface area contributed by atoms with E-state index in [1.807, 2.05) is 53.4 Å². The zero-order chi connectivity index (χ0) is 22.1. The third-order valence-electron chi connectivity index (χ3n) is 5.59. The van der Waals surface area contributed by atoms with Crippen LogP contribution in [0.5, 0.6) is 5.75 Å². The van der Waals surface area contributed by atoms with Crippen LogP contribution < -0.4 is 10.1 Å². The van der Waals surface area contributed by atoms with Crippen molar-refractivity contribution in [2.24, 2.45) is 0 Å². The molecule has 6 heteroatoms. The van der Waals surface area contributed by atoms with Gasteiger partial charge in [-0.3, -0.25) is 9.59 Å². The fourth-order valence-electron chi connectivity index (χ4n) is 3.76. The van der Waals surface area contributed by atoms with Gasteiger partial charge in [0.15, 0.2) is 6.61 Å². The Hall–Kier alpha value is -2.53. The van der Waals surface area contributed by atoms with Crippen LogP contribution in [0.1, 0.15) is 43.7 Å². The summed E-state index contributed by atoms with van der Waals surface area (Å²) in [7, 11) is 0. The molecule has 3 rings (SSSR count). The summed E-state index contributed by atoms with van der Waals surface area (Å²) in [4.78, 5) is 26.5. The summed E-state index contributed by atoms with van der Waals surface area (Å²) < 4.78 is 5.66. The molecule has 0 atom stereocenters. The quantitative estimate of drug-likeness (QED) is 0.625. The van der Waals surface area contributed by atoms with E-state index in [1.165, 1.54) is 5.56 Å². The van der Waals surface area contributed by atoms with Gasteiger partial charge in [0.05, 0.1) is 0 Å². The molecule has 0 radical (unpaired) electrons. The van der Waals surface area contributed by atoms with Gasteiger partial charge in [-0.1, -0.05) is 49.2 Å². The Morgan fingerprint density at radius 3 is 2.26 bits per heavy atom. The number of ether oxygens (including phenoxy) is 1. The molecule has 2 aromatic rings. The number of likely N-dealkylation sites (tertiary alicyclic amines) is 1. The number of benzene rings is 2. The Balaban J connectivity index is 1.34. The number of amides is 2. The van der Waals surface area contributed by atoms with E-state index in [9.17, 15) is 9.59 Å². The molecule has 1 N–H and O–H groups in total. The number of piperidine rings is 1. The van der Waals surface area contributed by atoms with Crippen LogP contribution in [0.2, 0.25) is 5.02 Å². The summed E-state index contributed by atoms with van der Waals surface area (Å²) in [6, 6.07) is 15.6. The van der Waals surface area contributed by atoms with Gasteiger partial charge < -0.3 is 15.0 Å². The summed E-state index contributed by atoms with van der Waals surface area (Å²) in [6.45, 7) is 3.48. The first-order valence-electron chi connectivity index (χ1n) is 11.1. The topological polar surface area (TPSA) is 58.6 Å².